The number of hydrogen-bond acceptors (Lipinski definition) is 4. The van der Waals surface area contributed by atoms with Crippen molar-refractivity contribution in [2.24, 2.45) is 0 Å². The first-order chi connectivity index (χ1) is 15.1. The van der Waals surface area contributed by atoms with E-state index in [1.807, 2.05) is 42.5 Å². The molecule has 0 atom stereocenters. The highest BCUT2D eigenvalue weighted by molar-refractivity contribution is 6.30. The molecule has 0 unspecified atom stereocenters. The summed E-state index contributed by atoms with van der Waals surface area (Å²) in [5, 5.41) is 5.29. The fourth-order valence-corrected chi connectivity index (χ4v) is 3.13. The minimum atomic E-state index is -0.494. The molecule has 0 aliphatic rings. The molecule has 2 N–H and O–H groups in total. The lowest BCUT2D eigenvalue weighted by molar-refractivity contribution is -0.121. The number of nitrogens with one attached hydrogen (secondary N) is 2. The van der Waals surface area contributed by atoms with Crippen LogP contribution in [0.4, 0.5) is 0 Å². The molecular weight excluding hydrogens is 414 g/mol. The van der Waals surface area contributed by atoms with E-state index in [1.54, 1.807) is 41.2 Å². The lowest BCUT2D eigenvalue weighted by Crippen LogP contribution is -2.42. The van der Waals surface area contributed by atoms with Gasteiger partial charge in [0.05, 0.1) is 17.8 Å². The zero-order valence-electron chi connectivity index (χ0n) is 16.3. The zero-order valence-corrected chi connectivity index (χ0v) is 17.1. The molecule has 8 heteroatoms. The van der Waals surface area contributed by atoms with Crippen LogP contribution in [0.15, 0.2) is 85.2 Å². The molecule has 154 valence electrons. The number of hydrazine groups is 1. The summed E-state index contributed by atoms with van der Waals surface area (Å²) < 4.78 is 1.72. The zero-order chi connectivity index (χ0) is 21.6. The van der Waals surface area contributed by atoms with Crippen LogP contribution in [0.1, 0.15) is 16.1 Å². The molecule has 0 aliphatic heterocycles. The van der Waals surface area contributed by atoms with Crippen LogP contribution in [-0.4, -0.2) is 26.6 Å². The lowest BCUT2D eigenvalue weighted by atomic mass is 10.1. The number of nitrogens with zero attached hydrogens (tertiary/aromatic N) is 3. The van der Waals surface area contributed by atoms with Crippen LogP contribution in [0.2, 0.25) is 5.02 Å². The molecule has 4 rings (SSSR count). The molecule has 0 aliphatic carbocycles. The summed E-state index contributed by atoms with van der Waals surface area (Å²) in [5.41, 5.74) is 8.08. The Morgan fingerprint density at radius 1 is 0.903 bits per heavy atom. The Balaban J connectivity index is 1.54. The summed E-state index contributed by atoms with van der Waals surface area (Å²) in [6.45, 7) is 0. The molecule has 2 amide bonds. The molecule has 2 aromatic heterocycles. The van der Waals surface area contributed by atoms with Gasteiger partial charge < -0.3 is 0 Å². The summed E-state index contributed by atoms with van der Waals surface area (Å²) in [6, 6.07) is 21.8. The van der Waals surface area contributed by atoms with E-state index in [-0.39, 0.29) is 18.0 Å². The fourth-order valence-electron chi connectivity index (χ4n) is 3.01. The monoisotopic (exact) mass is 431 g/mol. The number of para-hydroxylation sites is 1. The third kappa shape index (κ3) is 4.96. The van der Waals surface area contributed by atoms with E-state index in [0.29, 0.717) is 16.3 Å². The Morgan fingerprint density at radius 3 is 2.35 bits per heavy atom. The Morgan fingerprint density at radius 2 is 1.65 bits per heavy atom. The van der Waals surface area contributed by atoms with E-state index in [2.05, 4.69) is 20.9 Å². The smallest absolute Gasteiger partial charge is 0.273 e. The van der Waals surface area contributed by atoms with Crippen LogP contribution in [0.25, 0.3) is 16.9 Å². The Labute approximate surface area is 183 Å². The van der Waals surface area contributed by atoms with Gasteiger partial charge in [0, 0.05) is 28.5 Å². The first-order valence-corrected chi connectivity index (χ1v) is 9.88. The first kappa shape index (κ1) is 20.3. The second kappa shape index (κ2) is 9.23. The lowest BCUT2D eigenvalue weighted by Gasteiger charge is -2.07. The molecule has 0 bridgehead atoms. The van der Waals surface area contributed by atoms with E-state index < -0.39 is 5.91 Å². The van der Waals surface area contributed by atoms with Crippen LogP contribution in [-0.2, 0) is 11.2 Å². The van der Waals surface area contributed by atoms with Crippen LogP contribution in [0, 0.1) is 0 Å². The maximum Gasteiger partial charge on any atom is 0.288 e. The molecule has 0 fully saturated rings. The fraction of sp³-hybridized carbons (Fsp3) is 0.0435. The number of benzene rings is 2. The maximum absolute atomic E-state index is 12.5. The van der Waals surface area contributed by atoms with Gasteiger partial charge in [-0.2, -0.15) is 5.10 Å². The molecule has 2 heterocycles. The Hall–Kier alpha value is -3.97. The quantitative estimate of drug-likeness (QED) is 0.472. The third-order valence-corrected chi connectivity index (χ3v) is 4.74. The number of hydrogen-bond donors (Lipinski definition) is 2. The SMILES string of the molecule is O=C(Cc1cn(-c2ccccc2)nc1-c1ccc(Cl)cc1)NNC(=O)c1ccccn1. The number of pyridine rings is 1. The standard InChI is InChI=1S/C23H18ClN5O2/c24-18-11-9-16(10-12-18)22-17(15-29(28-22)19-6-2-1-3-7-19)14-21(30)26-27-23(31)20-8-4-5-13-25-20/h1-13,15H,14H2,(H,26,30)(H,27,31). The molecule has 2 aromatic carbocycles. The van der Waals surface area contributed by atoms with Gasteiger partial charge in [-0.05, 0) is 36.4 Å². The summed E-state index contributed by atoms with van der Waals surface area (Å²) in [5.74, 6) is -0.876. The van der Waals surface area contributed by atoms with Crippen LogP contribution >= 0.6 is 11.6 Å². The van der Waals surface area contributed by atoms with Crippen LogP contribution in [0.5, 0.6) is 0 Å². The molecule has 7 nitrogen and oxygen atoms in total. The van der Waals surface area contributed by atoms with Crippen molar-refractivity contribution in [2.45, 2.75) is 6.42 Å². The molecule has 4 aromatic rings. The first-order valence-electron chi connectivity index (χ1n) is 9.50. The number of carbonyl (C=O) groups is 2. The van der Waals surface area contributed by atoms with Crippen molar-refractivity contribution in [3.8, 4) is 16.9 Å². The molecule has 0 saturated heterocycles. The normalized spacial score (nSPS) is 10.5. The van der Waals surface area contributed by atoms with Crippen molar-refractivity contribution >= 4 is 23.4 Å². The van der Waals surface area contributed by atoms with Gasteiger partial charge in [0.1, 0.15) is 5.69 Å². The predicted molar refractivity (Wildman–Crippen MR) is 118 cm³/mol. The van der Waals surface area contributed by atoms with Crippen LogP contribution in [0.3, 0.4) is 0 Å². The number of amides is 2. The van der Waals surface area contributed by atoms with Crippen molar-refractivity contribution in [1.82, 2.24) is 25.6 Å². The van der Waals surface area contributed by atoms with Crippen LogP contribution < -0.4 is 10.9 Å². The van der Waals surface area contributed by atoms with E-state index in [1.165, 1.54) is 6.20 Å². The van der Waals surface area contributed by atoms with Crippen molar-refractivity contribution in [1.29, 1.82) is 0 Å². The second-order valence-corrected chi connectivity index (χ2v) is 7.12. The summed E-state index contributed by atoms with van der Waals surface area (Å²) in [7, 11) is 0. The van der Waals surface area contributed by atoms with Gasteiger partial charge in [-0.25, -0.2) is 4.68 Å². The molecule has 0 radical (unpaired) electrons. The molecular formula is C23H18ClN5O2. The summed E-state index contributed by atoms with van der Waals surface area (Å²) in [6.07, 6.45) is 3.33. The molecule has 0 spiro atoms. The van der Waals surface area contributed by atoms with E-state index in [4.69, 9.17) is 11.6 Å². The van der Waals surface area contributed by atoms with Crippen molar-refractivity contribution in [2.75, 3.05) is 0 Å². The highest BCUT2D eigenvalue weighted by atomic mass is 35.5. The number of aromatic nitrogens is 3. The Kier molecular flexibility index (Phi) is 6.05. The average molecular weight is 432 g/mol. The van der Waals surface area contributed by atoms with Gasteiger partial charge in [-0.15, -0.1) is 0 Å². The van der Waals surface area contributed by atoms with E-state index in [9.17, 15) is 9.59 Å². The highest BCUT2D eigenvalue weighted by Gasteiger charge is 2.16. The van der Waals surface area contributed by atoms with Gasteiger partial charge in [0.2, 0.25) is 5.91 Å². The third-order valence-electron chi connectivity index (χ3n) is 4.49. The second-order valence-electron chi connectivity index (χ2n) is 6.68. The molecule has 31 heavy (non-hydrogen) atoms. The highest BCUT2D eigenvalue weighted by Crippen LogP contribution is 2.25. The van der Waals surface area contributed by atoms with Gasteiger partial charge in [0.25, 0.3) is 5.91 Å². The van der Waals surface area contributed by atoms with Crippen molar-refractivity contribution in [3.05, 3.63) is 101 Å². The van der Waals surface area contributed by atoms with E-state index in [0.717, 1.165) is 11.3 Å². The largest absolute Gasteiger partial charge is 0.288 e. The minimum absolute atomic E-state index is 0.0211. The number of carbonyl (C=O) groups excluding carboxylic acids is 2. The Bertz CT molecular complexity index is 1190. The van der Waals surface area contributed by atoms with Crippen molar-refractivity contribution < 1.29 is 9.59 Å². The van der Waals surface area contributed by atoms with E-state index >= 15 is 0 Å². The molecule has 0 saturated carbocycles. The predicted octanol–water partition coefficient (Wildman–Crippen LogP) is 3.59. The number of rotatable bonds is 5. The average Bonchev–Trinajstić information content (AvgIpc) is 3.23. The minimum Gasteiger partial charge on any atom is -0.273 e. The topological polar surface area (TPSA) is 88.9 Å². The number of halogens is 1. The maximum atomic E-state index is 12.5. The van der Waals surface area contributed by atoms with Gasteiger partial charge in [-0.1, -0.05) is 48.0 Å². The summed E-state index contributed by atoms with van der Waals surface area (Å²) >= 11 is 6.01. The van der Waals surface area contributed by atoms with Gasteiger partial charge >= 0.3 is 0 Å². The van der Waals surface area contributed by atoms with Crippen molar-refractivity contribution in [3.63, 3.8) is 0 Å². The summed E-state index contributed by atoms with van der Waals surface area (Å²) in [4.78, 5) is 28.6. The van der Waals surface area contributed by atoms with Gasteiger partial charge in [-0.3, -0.25) is 25.4 Å². The van der Waals surface area contributed by atoms with Gasteiger partial charge in [0.15, 0.2) is 0 Å².